The quantitative estimate of drug-likeness (QED) is 0.0818. The zero-order valence-corrected chi connectivity index (χ0v) is 28.9. The lowest BCUT2D eigenvalue weighted by atomic mass is 10.2. The molecule has 0 aliphatic rings. The maximum Gasteiger partial charge on any atom is 0.195 e. The number of aromatic nitrogens is 4. The SMILES string of the molecule is C.CCN(CC)CC.Cl.N#CCC(=O)c1ccccn1.NNc1ccccc1Cl.Nc1cc(-c2ccccn2)nn1-c1ccccc1Cl. The molecule has 48 heavy (non-hydrogen) atoms. The van der Waals surface area contributed by atoms with Crippen molar-refractivity contribution in [2.75, 3.05) is 30.8 Å². The predicted octanol–water partition coefficient (Wildman–Crippen LogP) is 8.38. The predicted molar refractivity (Wildman–Crippen MR) is 202 cm³/mol. The largest absolute Gasteiger partial charge is 0.384 e. The minimum Gasteiger partial charge on any atom is -0.384 e. The van der Waals surface area contributed by atoms with Gasteiger partial charge in [-0.05, 0) is 68.2 Å². The van der Waals surface area contributed by atoms with Crippen LogP contribution in [-0.2, 0) is 0 Å². The molecule has 0 unspecified atom stereocenters. The van der Waals surface area contributed by atoms with Crippen molar-refractivity contribution in [2.45, 2.75) is 34.6 Å². The zero-order chi connectivity index (χ0) is 33.7. The van der Waals surface area contributed by atoms with Gasteiger partial charge in [0.2, 0.25) is 0 Å². The number of carbonyl (C=O) groups is 1. The number of benzene rings is 2. The number of pyridine rings is 2. The van der Waals surface area contributed by atoms with Gasteiger partial charge in [-0.25, -0.2) is 4.68 Å². The third-order valence-electron chi connectivity index (χ3n) is 6.31. The number of para-hydroxylation sites is 2. The second kappa shape index (κ2) is 24.6. The minimum atomic E-state index is -0.229. The molecule has 0 saturated carbocycles. The molecule has 5 aromatic rings. The molecule has 256 valence electrons. The third kappa shape index (κ3) is 14.5. The van der Waals surface area contributed by atoms with E-state index >= 15 is 0 Å². The molecule has 0 radical (unpaired) electrons. The maximum absolute atomic E-state index is 11.0. The lowest BCUT2D eigenvalue weighted by molar-refractivity contribution is 0.0993. The lowest BCUT2D eigenvalue weighted by Gasteiger charge is -2.13. The minimum absolute atomic E-state index is 0. The number of hydrogen-bond acceptors (Lipinski definition) is 9. The second-order valence-electron chi connectivity index (χ2n) is 9.25. The highest BCUT2D eigenvalue weighted by molar-refractivity contribution is 6.33. The maximum atomic E-state index is 11.0. The number of Topliss-reactive ketones (excluding diaryl/α,β-unsaturated/α-hetero) is 1. The monoisotopic (exact) mass is 711 g/mol. The third-order valence-corrected chi connectivity index (χ3v) is 6.96. The Morgan fingerprint density at radius 3 is 1.88 bits per heavy atom. The van der Waals surface area contributed by atoms with Crippen LogP contribution in [0.3, 0.4) is 0 Å². The van der Waals surface area contributed by atoms with E-state index in [1.54, 1.807) is 53.3 Å². The molecule has 13 heteroatoms. The van der Waals surface area contributed by atoms with Gasteiger partial charge in [0.25, 0.3) is 0 Å². The Balaban J connectivity index is 0.000000657. The zero-order valence-electron chi connectivity index (χ0n) is 26.6. The van der Waals surface area contributed by atoms with E-state index < -0.39 is 0 Å². The van der Waals surface area contributed by atoms with Gasteiger partial charge in [0.05, 0.1) is 33.2 Å². The number of rotatable bonds is 8. The van der Waals surface area contributed by atoms with Crippen LogP contribution in [0.2, 0.25) is 10.0 Å². The molecular weight excluding hydrogens is 669 g/mol. The van der Waals surface area contributed by atoms with Crippen LogP contribution in [0.5, 0.6) is 0 Å². The van der Waals surface area contributed by atoms with E-state index in [1.165, 1.54) is 25.8 Å². The summed E-state index contributed by atoms with van der Waals surface area (Å²) in [6.45, 7) is 10.1. The number of carbonyl (C=O) groups excluding carboxylic acids is 1. The van der Waals surface area contributed by atoms with Crippen LogP contribution in [-0.4, -0.2) is 50.1 Å². The molecule has 0 atom stereocenters. The van der Waals surface area contributed by atoms with Crippen molar-refractivity contribution in [3.8, 4) is 23.1 Å². The number of nitrogens with two attached hydrogens (primary N) is 2. The molecular formula is C35H44Cl3N9O. The van der Waals surface area contributed by atoms with E-state index in [1.807, 2.05) is 54.6 Å². The number of nitrogens with one attached hydrogen (secondary N) is 1. The number of hydrazine groups is 1. The van der Waals surface area contributed by atoms with E-state index in [2.05, 4.69) is 46.2 Å². The highest BCUT2D eigenvalue weighted by Gasteiger charge is 2.11. The van der Waals surface area contributed by atoms with Crippen LogP contribution < -0.4 is 17.0 Å². The van der Waals surface area contributed by atoms with Crippen molar-refractivity contribution in [1.82, 2.24) is 24.6 Å². The van der Waals surface area contributed by atoms with Crippen LogP contribution in [0.4, 0.5) is 11.5 Å². The van der Waals surface area contributed by atoms with Crippen LogP contribution in [0.15, 0.2) is 103 Å². The Morgan fingerprint density at radius 1 is 0.854 bits per heavy atom. The fourth-order valence-corrected chi connectivity index (χ4v) is 4.20. The van der Waals surface area contributed by atoms with Crippen molar-refractivity contribution in [1.29, 1.82) is 5.26 Å². The first-order chi connectivity index (χ1) is 22.3. The van der Waals surface area contributed by atoms with Gasteiger partial charge in [-0.15, -0.1) is 12.4 Å². The number of ketones is 1. The molecule has 5 N–H and O–H groups in total. The molecule has 0 amide bonds. The molecule has 10 nitrogen and oxygen atoms in total. The molecule has 0 saturated heterocycles. The molecule has 0 aliphatic heterocycles. The number of anilines is 2. The van der Waals surface area contributed by atoms with E-state index in [9.17, 15) is 4.79 Å². The van der Waals surface area contributed by atoms with E-state index in [-0.39, 0.29) is 32.0 Å². The molecule has 0 aliphatic carbocycles. The van der Waals surface area contributed by atoms with Crippen LogP contribution in [0.1, 0.15) is 45.1 Å². The number of nitriles is 1. The summed E-state index contributed by atoms with van der Waals surface area (Å²) >= 11 is 11.8. The van der Waals surface area contributed by atoms with Gasteiger partial charge in [0.1, 0.15) is 23.6 Å². The van der Waals surface area contributed by atoms with Gasteiger partial charge in [-0.3, -0.25) is 20.6 Å². The first-order valence-electron chi connectivity index (χ1n) is 14.6. The topological polar surface area (TPSA) is 152 Å². The fourth-order valence-electron chi connectivity index (χ4n) is 3.79. The summed E-state index contributed by atoms with van der Waals surface area (Å²) in [7, 11) is 0. The van der Waals surface area contributed by atoms with Crippen molar-refractivity contribution in [2.24, 2.45) is 5.84 Å². The first kappa shape index (κ1) is 43.5. The smallest absolute Gasteiger partial charge is 0.195 e. The Kier molecular flexibility index (Phi) is 22.3. The Labute approximate surface area is 300 Å². The summed E-state index contributed by atoms with van der Waals surface area (Å²) in [5, 5.41) is 13.9. The second-order valence-corrected chi connectivity index (χ2v) is 10.1. The van der Waals surface area contributed by atoms with Crippen LogP contribution in [0, 0.1) is 11.3 Å². The van der Waals surface area contributed by atoms with E-state index in [0.717, 1.165) is 22.8 Å². The van der Waals surface area contributed by atoms with Gasteiger partial charge in [-0.1, -0.05) is 87.8 Å². The van der Waals surface area contributed by atoms with Crippen molar-refractivity contribution < 1.29 is 4.79 Å². The Morgan fingerprint density at radius 2 is 1.42 bits per heavy atom. The van der Waals surface area contributed by atoms with Gasteiger partial charge in [0, 0.05) is 18.5 Å². The molecule has 3 aromatic heterocycles. The highest BCUT2D eigenvalue weighted by Crippen LogP contribution is 2.25. The molecule has 0 bridgehead atoms. The van der Waals surface area contributed by atoms with Crippen LogP contribution in [0.25, 0.3) is 17.1 Å². The molecule has 2 aromatic carbocycles. The number of hydrogen-bond donors (Lipinski definition) is 3. The van der Waals surface area contributed by atoms with E-state index in [0.29, 0.717) is 21.6 Å². The molecule has 3 heterocycles. The Hall–Kier alpha value is -4.50. The van der Waals surface area contributed by atoms with Crippen molar-refractivity contribution in [3.05, 3.63) is 119 Å². The standard InChI is InChI=1S/C14H11ClN4.C8H6N2O.C6H7ClN2.C6H15N.CH4.ClH/c15-10-5-1-2-7-13(10)19-14(16)9-12(18-19)11-6-3-4-8-17-11;9-5-4-8(11)7-3-1-2-6-10-7;7-5-3-1-2-4-6(5)9-8;1-4-7(5-2)6-3;;/h1-9H,16H2;1-3,6H,4H2;1-4,9H,8H2;4-6H2,1-3H3;1H4;1H. The number of halogens is 3. The highest BCUT2D eigenvalue weighted by atomic mass is 35.5. The number of nitrogen functional groups attached to an aromatic ring is 2. The molecule has 5 rings (SSSR count). The average Bonchev–Trinajstić information content (AvgIpc) is 3.49. The summed E-state index contributed by atoms with van der Waals surface area (Å²) in [5.74, 6) is 5.41. The number of nitrogens with zero attached hydrogens (tertiary/aromatic N) is 6. The summed E-state index contributed by atoms with van der Waals surface area (Å²) in [6, 6.07) is 29.0. The fraction of sp³-hybridized carbons (Fsp3) is 0.229. The molecule has 0 spiro atoms. The van der Waals surface area contributed by atoms with Gasteiger partial charge in [0.15, 0.2) is 5.78 Å². The summed E-state index contributed by atoms with van der Waals surface area (Å²) < 4.78 is 1.62. The summed E-state index contributed by atoms with van der Waals surface area (Å²) in [5.41, 5.74) is 11.8. The van der Waals surface area contributed by atoms with Crippen molar-refractivity contribution >= 4 is 52.9 Å². The normalized spacial score (nSPS) is 9.38. The summed E-state index contributed by atoms with van der Waals surface area (Å²) in [4.78, 5) is 21.4. The first-order valence-corrected chi connectivity index (χ1v) is 15.3. The van der Waals surface area contributed by atoms with Gasteiger partial charge in [-0.2, -0.15) is 10.4 Å². The Bertz CT molecular complexity index is 1640. The van der Waals surface area contributed by atoms with Crippen molar-refractivity contribution in [3.63, 3.8) is 0 Å². The van der Waals surface area contributed by atoms with Gasteiger partial charge >= 0.3 is 0 Å². The summed E-state index contributed by atoms with van der Waals surface area (Å²) in [6.07, 6.45) is 3.15. The molecule has 0 fully saturated rings. The van der Waals surface area contributed by atoms with E-state index in [4.69, 9.17) is 40.0 Å². The van der Waals surface area contributed by atoms with Crippen LogP contribution >= 0.6 is 35.6 Å². The lowest BCUT2D eigenvalue weighted by Crippen LogP contribution is -2.21. The van der Waals surface area contributed by atoms with Gasteiger partial charge < -0.3 is 16.1 Å². The average molecular weight is 713 g/mol.